The van der Waals surface area contributed by atoms with Gasteiger partial charge in [0.25, 0.3) is 5.91 Å². The average Bonchev–Trinajstić information content (AvgIpc) is 3.59. The molecule has 12 heteroatoms. The Labute approximate surface area is 253 Å². The number of amides is 1. The maximum absolute atomic E-state index is 12.2. The number of carboxylic acid groups (broad SMARTS) is 1. The van der Waals surface area contributed by atoms with Gasteiger partial charge in [0.05, 0.1) is 24.5 Å². The van der Waals surface area contributed by atoms with E-state index in [0.717, 1.165) is 28.1 Å². The number of carbonyl (C=O) groups is 5. The lowest BCUT2D eigenvalue weighted by atomic mass is 10.0. The number of anilines is 1. The smallest absolute Gasteiger partial charge is 0.355 e. The van der Waals surface area contributed by atoms with Gasteiger partial charge in [-0.05, 0) is 87.1 Å². The highest BCUT2D eigenvalue weighted by Crippen LogP contribution is 2.35. The fraction of sp³-hybridized carbons (Fsp3) is 0.323. The zero-order valence-corrected chi connectivity index (χ0v) is 25.1. The third kappa shape index (κ3) is 8.23. The van der Waals surface area contributed by atoms with Gasteiger partial charge in [-0.2, -0.15) is 0 Å². The van der Waals surface area contributed by atoms with Gasteiger partial charge in [-0.3, -0.25) is 19.2 Å². The van der Waals surface area contributed by atoms with Crippen molar-refractivity contribution in [1.29, 1.82) is 0 Å². The summed E-state index contributed by atoms with van der Waals surface area (Å²) in [6.07, 6.45) is 5.16. The quantitative estimate of drug-likeness (QED) is 0.129. The molecule has 0 radical (unpaired) electrons. The van der Waals surface area contributed by atoms with Crippen molar-refractivity contribution >= 4 is 59.0 Å². The van der Waals surface area contributed by atoms with E-state index in [0.29, 0.717) is 53.2 Å². The Balaban J connectivity index is 0.000000238. The van der Waals surface area contributed by atoms with Crippen LogP contribution in [0.2, 0.25) is 5.02 Å². The van der Waals surface area contributed by atoms with E-state index < -0.39 is 11.9 Å². The molecular formula is C31H34ClN3O8. The summed E-state index contributed by atoms with van der Waals surface area (Å²) in [5, 5.41) is 12.2. The number of hydrogen-bond acceptors (Lipinski definition) is 7. The molecule has 0 saturated carbocycles. The summed E-state index contributed by atoms with van der Waals surface area (Å²) in [7, 11) is 0. The van der Waals surface area contributed by atoms with Gasteiger partial charge in [-0.15, -0.1) is 0 Å². The minimum Gasteiger partial charge on any atom is -0.481 e. The minimum atomic E-state index is -0.847. The molecule has 1 aromatic carbocycles. The molecule has 1 aliphatic rings. The van der Waals surface area contributed by atoms with Gasteiger partial charge in [0.15, 0.2) is 6.29 Å². The van der Waals surface area contributed by atoms with Crippen LogP contribution in [0.25, 0.3) is 11.6 Å². The lowest BCUT2D eigenvalue weighted by molar-refractivity contribution is -0.143. The average molecular weight is 612 g/mol. The van der Waals surface area contributed by atoms with Gasteiger partial charge in [-0.25, -0.2) is 4.79 Å². The Morgan fingerprint density at radius 2 is 1.70 bits per heavy atom. The molecule has 11 nitrogen and oxygen atoms in total. The lowest BCUT2D eigenvalue weighted by Gasteiger charge is -2.03. The number of hydrogen-bond donors (Lipinski definition) is 4. The van der Waals surface area contributed by atoms with Crippen LogP contribution < -0.4 is 5.32 Å². The molecule has 0 spiro atoms. The largest absolute Gasteiger partial charge is 0.481 e. The number of aryl methyl sites for hydroxylation is 1. The Morgan fingerprint density at radius 1 is 1.00 bits per heavy atom. The van der Waals surface area contributed by atoms with E-state index in [-0.39, 0.29) is 37.0 Å². The van der Waals surface area contributed by atoms with Gasteiger partial charge in [-0.1, -0.05) is 11.6 Å². The molecule has 0 aliphatic carbocycles. The van der Waals surface area contributed by atoms with Crippen LogP contribution in [0, 0.1) is 13.8 Å². The molecule has 0 bridgehead atoms. The fourth-order valence-corrected chi connectivity index (χ4v) is 4.83. The summed E-state index contributed by atoms with van der Waals surface area (Å²) >= 11 is 6.02. The number of aromatic nitrogens is 2. The predicted molar refractivity (Wildman–Crippen MR) is 161 cm³/mol. The number of aliphatic carboxylic acids is 1. The monoisotopic (exact) mass is 611 g/mol. The zero-order valence-electron chi connectivity index (χ0n) is 24.4. The van der Waals surface area contributed by atoms with E-state index in [2.05, 4.69) is 15.3 Å². The summed E-state index contributed by atoms with van der Waals surface area (Å²) in [6, 6.07) is 5.23. The van der Waals surface area contributed by atoms with Crippen LogP contribution in [0.5, 0.6) is 0 Å². The molecule has 3 heterocycles. The second kappa shape index (κ2) is 15.0. The number of aromatic amines is 2. The van der Waals surface area contributed by atoms with Crippen LogP contribution >= 0.6 is 11.6 Å². The highest BCUT2D eigenvalue weighted by Gasteiger charge is 2.25. The third-order valence-corrected chi connectivity index (χ3v) is 7.02. The summed E-state index contributed by atoms with van der Waals surface area (Å²) in [5.74, 6) is -1.88. The normalized spacial score (nSPS) is 12.7. The van der Waals surface area contributed by atoms with E-state index in [1.807, 2.05) is 13.1 Å². The van der Waals surface area contributed by atoms with Crippen molar-refractivity contribution < 1.29 is 38.6 Å². The predicted octanol–water partition coefficient (Wildman–Crippen LogP) is 5.29. The molecule has 1 amide bonds. The van der Waals surface area contributed by atoms with Crippen molar-refractivity contribution in [3.8, 4) is 0 Å². The number of aldehydes is 1. The summed E-state index contributed by atoms with van der Waals surface area (Å²) in [4.78, 5) is 63.0. The molecule has 43 heavy (non-hydrogen) atoms. The van der Waals surface area contributed by atoms with Crippen molar-refractivity contribution in [2.75, 3.05) is 18.5 Å². The molecule has 0 atom stereocenters. The van der Waals surface area contributed by atoms with Crippen LogP contribution in [0.3, 0.4) is 0 Å². The molecule has 2 aromatic heterocycles. The topological polar surface area (TPSA) is 168 Å². The molecule has 4 rings (SSSR count). The second-order valence-electron chi connectivity index (χ2n) is 9.62. The number of fused-ring (bicyclic) bond motifs is 1. The van der Waals surface area contributed by atoms with E-state index >= 15 is 0 Å². The molecule has 0 fully saturated rings. The molecule has 1 aliphatic heterocycles. The number of benzene rings is 1. The van der Waals surface area contributed by atoms with Crippen molar-refractivity contribution in [2.24, 2.45) is 0 Å². The fourth-order valence-electron chi connectivity index (χ4n) is 4.66. The number of halogens is 1. The molecule has 4 N–H and O–H groups in total. The van der Waals surface area contributed by atoms with Crippen molar-refractivity contribution in [3.63, 3.8) is 0 Å². The first-order valence-electron chi connectivity index (χ1n) is 13.7. The number of nitrogens with one attached hydrogen (secondary N) is 3. The number of ether oxygens (including phenoxy) is 2. The number of carboxylic acids is 1. The minimum absolute atomic E-state index is 0.0451. The maximum atomic E-state index is 12.2. The van der Waals surface area contributed by atoms with Crippen molar-refractivity contribution in [3.05, 3.63) is 74.3 Å². The SMILES string of the molecule is CCOC(=O)CCc1c(C=O)[nH]c(C(=O)OCC)c1C.Cc1c[nH]c(C=C2C(=O)Nc3ccc(Cl)cc32)c1CCC(=O)O. The lowest BCUT2D eigenvalue weighted by Crippen LogP contribution is -2.07. The third-order valence-electron chi connectivity index (χ3n) is 6.78. The first kappa shape index (κ1) is 32.9. The van der Waals surface area contributed by atoms with Crippen molar-refractivity contribution in [1.82, 2.24) is 9.97 Å². The van der Waals surface area contributed by atoms with Crippen molar-refractivity contribution in [2.45, 2.75) is 53.4 Å². The van der Waals surface area contributed by atoms with Crippen LogP contribution in [0.4, 0.5) is 5.69 Å². The van der Waals surface area contributed by atoms with Crippen LogP contribution in [-0.2, 0) is 36.7 Å². The van der Waals surface area contributed by atoms with Gasteiger partial charge in [0.1, 0.15) is 5.69 Å². The van der Waals surface area contributed by atoms with Crippen LogP contribution in [0.1, 0.15) is 81.2 Å². The summed E-state index contributed by atoms with van der Waals surface area (Å²) in [5.41, 5.74) is 6.46. The van der Waals surface area contributed by atoms with Gasteiger partial charge < -0.3 is 29.9 Å². The molecule has 0 unspecified atom stereocenters. The Hall–Kier alpha value is -4.64. The van der Waals surface area contributed by atoms with Crippen LogP contribution in [-0.4, -0.2) is 58.4 Å². The second-order valence-corrected chi connectivity index (χ2v) is 10.1. The standard InChI is InChI=1S/C17H15ClN2O3.C14H19NO5/c1-9-8-19-15(11(9)3-5-16(21)22)7-13-12-6-10(18)2-4-14(12)20-17(13)23;1-4-19-12(17)7-6-10-9(3)13(14(18)20-5-2)15-11(10)8-16/h2,4,6-8,19H,3,5H2,1H3,(H,20,23)(H,21,22);8,15H,4-7H2,1-3H3. The number of esters is 2. The maximum Gasteiger partial charge on any atom is 0.355 e. The van der Waals surface area contributed by atoms with Gasteiger partial charge >= 0.3 is 17.9 Å². The van der Waals surface area contributed by atoms with E-state index in [9.17, 15) is 24.0 Å². The van der Waals surface area contributed by atoms with Crippen LogP contribution in [0.15, 0.2) is 24.4 Å². The highest BCUT2D eigenvalue weighted by atomic mass is 35.5. The van der Waals surface area contributed by atoms with E-state index in [1.165, 1.54) is 0 Å². The molecular weight excluding hydrogens is 578 g/mol. The highest BCUT2D eigenvalue weighted by molar-refractivity contribution is 6.36. The van der Waals surface area contributed by atoms with Gasteiger partial charge in [0, 0.05) is 41.0 Å². The van der Waals surface area contributed by atoms with E-state index in [4.69, 9.17) is 26.2 Å². The number of rotatable bonds is 11. The summed E-state index contributed by atoms with van der Waals surface area (Å²) in [6.45, 7) is 7.64. The Morgan fingerprint density at radius 3 is 2.35 bits per heavy atom. The molecule has 3 aromatic rings. The summed E-state index contributed by atoms with van der Waals surface area (Å²) < 4.78 is 9.75. The Bertz CT molecular complexity index is 1570. The zero-order chi connectivity index (χ0) is 31.7. The van der Waals surface area contributed by atoms with E-state index in [1.54, 1.807) is 45.0 Å². The van der Waals surface area contributed by atoms with Gasteiger partial charge in [0.2, 0.25) is 0 Å². The first-order valence-corrected chi connectivity index (χ1v) is 14.1. The Kier molecular flexibility index (Phi) is 11.5. The molecule has 0 saturated heterocycles. The number of H-pyrrole nitrogens is 2. The molecule has 228 valence electrons. The first-order chi connectivity index (χ1) is 20.5. The number of carbonyl (C=O) groups excluding carboxylic acids is 4.